The van der Waals surface area contributed by atoms with Crippen LogP contribution in [0.25, 0.3) is 0 Å². The van der Waals surface area contributed by atoms with Gasteiger partial charge in [-0.25, -0.2) is 9.97 Å². The number of fused-ring (bicyclic) bond motifs is 1. The Morgan fingerprint density at radius 2 is 2.06 bits per heavy atom. The van der Waals surface area contributed by atoms with Gasteiger partial charge in [0.2, 0.25) is 0 Å². The van der Waals surface area contributed by atoms with Crippen molar-refractivity contribution < 1.29 is 4.74 Å². The van der Waals surface area contributed by atoms with Gasteiger partial charge in [0.05, 0.1) is 18.9 Å². The third-order valence-corrected chi connectivity index (χ3v) is 3.04. The molecule has 1 aliphatic rings. The monoisotopic (exact) mass is 249 g/mol. The highest BCUT2D eigenvalue weighted by atomic mass is 16.5. The van der Waals surface area contributed by atoms with Crippen molar-refractivity contribution in [3.63, 3.8) is 0 Å². The lowest BCUT2D eigenvalue weighted by molar-refractivity contribution is 0.109. The summed E-state index contributed by atoms with van der Waals surface area (Å²) in [5.74, 6) is 1.88. The SMILES string of the molecule is CCCNc1nc(C(C)(C)C)nc2c1COCC2. The van der Waals surface area contributed by atoms with Gasteiger partial charge in [0.1, 0.15) is 11.6 Å². The minimum absolute atomic E-state index is 0.0179. The summed E-state index contributed by atoms with van der Waals surface area (Å²) in [5.41, 5.74) is 2.28. The molecule has 0 fully saturated rings. The molecule has 0 unspecified atom stereocenters. The summed E-state index contributed by atoms with van der Waals surface area (Å²) in [7, 11) is 0. The van der Waals surface area contributed by atoms with Crippen molar-refractivity contribution in [3.8, 4) is 0 Å². The molecule has 0 bridgehead atoms. The van der Waals surface area contributed by atoms with Crippen molar-refractivity contribution in [3.05, 3.63) is 17.1 Å². The standard InChI is InChI=1S/C14H23N3O/c1-5-7-15-12-10-9-18-8-6-11(10)16-13(17-12)14(2,3)4/h5-9H2,1-4H3,(H,15,16,17). The Labute approximate surface area is 109 Å². The summed E-state index contributed by atoms with van der Waals surface area (Å²) in [5, 5.41) is 3.40. The molecular formula is C14H23N3O. The van der Waals surface area contributed by atoms with Crippen LogP contribution in [-0.4, -0.2) is 23.1 Å². The summed E-state index contributed by atoms with van der Waals surface area (Å²) < 4.78 is 5.52. The molecule has 0 saturated heterocycles. The van der Waals surface area contributed by atoms with Crippen LogP contribution in [0.2, 0.25) is 0 Å². The smallest absolute Gasteiger partial charge is 0.136 e. The summed E-state index contributed by atoms with van der Waals surface area (Å²) in [6.45, 7) is 10.9. The largest absolute Gasteiger partial charge is 0.376 e. The van der Waals surface area contributed by atoms with Crippen molar-refractivity contribution >= 4 is 5.82 Å². The highest BCUT2D eigenvalue weighted by Gasteiger charge is 2.23. The molecule has 0 aromatic carbocycles. The number of aromatic nitrogens is 2. The zero-order valence-electron chi connectivity index (χ0n) is 11.8. The zero-order valence-corrected chi connectivity index (χ0v) is 11.8. The van der Waals surface area contributed by atoms with Gasteiger partial charge in [-0.1, -0.05) is 27.7 Å². The fourth-order valence-corrected chi connectivity index (χ4v) is 1.96. The second-order valence-electron chi connectivity index (χ2n) is 5.80. The van der Waals surface area contributed by atoms with Crippen molar-refractivity contribution in [2.24, 2.45) is 0 Å². The van der Waals surface area contributed by atoms with E-state index in [2.05, 4.69) is 33.0 Å². The molecule has 0 spiro atoms. The number of nitrogens with zero attached hydrogens (tertiary/aromatic N) is 2. The number of nitrogens with one attached hydrogen (secondary N) is 1. The maximum Gasteiger partial charge on any atom is 0.136 e. The van der Waals surface area contributed by atoms with E-state index in [0.717, 1.165) is 48.9 Å². The predicted molar refractivity (Wildman–Crippen MR) is 72.9 cm³/mol. The van der Waals surface area contributed by atoms with Gasteiger partial charge in [0, 0.05) is 23.9 Å². The van der Waals surface area contributed by atoms with E-state index >= 15 is 0 Å². The lowest BCUT2D eigenvalue weighted by atomic mass is 9.95. The molecule has 2 rings (SSSR count). The van der Waals surface area contributed by atoms with Crippen LogP contribution in [0.3, 0.4) is 0 Å². The Kier molecular flexibility index (Phi) is 3.85. The van der Waals surface area contributed by atoms with Gasteiger partial charge in [0.15, 0.2) is 0 Å². The third-order valence-electron chi connectivity index (χ3n) is 3.04. The van der Waals surface area contributed by atoms with Crippen LogP contribution in [0.15, 0.2) is 0 Å². The predicted octanol–water partition coefficient (Wildman–Crippen LogP) is 2.67. The molecule has 0 radical (unpaired) electrons. The van der Waals surface area contributed by atoms with Gasteiger partial charge in [-0.15, -0.1) is 0 Å². The minimum atomic E-state index is -0.0179. The lowest BCUT2D eigenvalue weighted by Crippen LogP contribution is -2.23. The number of ether oxygens (including phenoxy) is 1. The molecule has 1 N–H and O–H groups in total. The van der Waals surface area contributed by atoms with Gasteiger partial charge in [0.25, 0.3) is 0 Å². The van der Waals surface area contributed by atoms with Crippen LogP contribution in [0, 0.1) is 0 Å². The van der Waals surface area contributed by atoms with Gasteiger partial charge in [-0.3, -0.25) is 0 Å². The molecule has 2 heterocycles. The molecule has 1 aromatic heterocycles. The van der Waals surface area contributed by atoms with E-state index in [1.165, 1.54) is 0 Å². The molecule has 4 nitrogen and oxygen atoms in total. The third kappa shape index (κ3) is 2.80. The molecule has 1 aromatic rings. The van der Waals surface area contributed by atoms with E-state index in [0.29, 0.717) is 6.61 Å². The molecule has 1 aliphatic heterocycles. The quantitative estimate of drug-likeness (QED) is 0.894. The molecule has 0 atom stereocenters. The first-order valence-corrected chi connectivity index (χ1v) is 6.74. The van der Waals surface area contributed by atoms with Gasteiger partial charge in [-0.05, 0) is 6.42 Å². The van der Waals surface area contributed by atoms with Crippen molar-refractivity contribution in [2.75, 3.05) is 18.5 Å². The number of anilines is 1. The van der Waals surface area contributed by atoms with Crippen LogP contribution in [0.4, 0.5) is 5.82 Å². The fraction of sp³-hybridized carbons (Fsp3) is 0.714. The van der Waals surface area contributed by atoms with E-state index < -0.39 is 0 Å². The maximum atomic E-state index is 5.52. The van der Waals surface area contributed by atoms with Crippen LogP contribution in [0.1, 0.15) is 51.2 Å². The van der Waals surface area contributed by atoms with Crippen LogP contribution in [-0.2, 0) is 23.2 Å². The average Bonchev–Trinajstić information content (AvgIpc) is 2.34. The number of hydrogen-bond acceptors (Lipinski definition) is 4. The van der Waals surface area contributed by atoms with E-state index in [4.69, 9.17) is 14.7 Å². The molecule has 4 heteroatoms. The molecule has 18 heavy (non-hydrogen) atoms. The Hall–Kier alpha value is -1.16. The van der Waals surface area contributed by atoms with E-state index in [-0.39, 0.29) is 5.41 Å². The Morgan fingerprint density at radius 1 is 1.28 bits per heavy atom. The van der Waals surface area contributed by atoms with Crippen LogP contribution < -0.4 is 5.32 Å². The Morgan fingerprint density at radius 3 is 2.72 bits per heavy atom. The van der Waals surface area contributed by atoms with Gasteiger partial charge >= 0.3 is 0 Å². The zero-order chi connectivity index (χ0) is 13.2. The summed E-state index contributed by atoms with van der Waals surface area (Å²) >= 11 is 0. The Balaban J connectivity index is 2.41. The highest BCUT2D eigenvalue weighted by Crippen LogP contribution is 2.26. The van der Waals surface area contributed by atoms with Gasteiger partial charge < -0.3 is 10.1 Å². The summed E-state index contributed by atoms with van der Waals surface area (Å²) in [6.07, 6.45) is 1.98. The number of hydrogen-bond donors (Lipinski definition) is 1. The second kappa shape index (κ2) is 5.22. The van der Waals surface area contributed by atoms with Crippen LogP contribution >= 0.6 is 0 Å². The van der Waals surface area contributed by atoms with Crippen molar-refractivity contribution in [1.29, 1.82) is 0 Å². The highest BCUT2D eigenvalue weighted by molar-refractivity contribution is 5.47. The van der Waals surface area contributed by atoms with E-state index in [1.807, 2.05) is 0 Å². The molecule has 0 saturated carbocycles. The first kappa shape index (κ1) is 13.3. The van der Waals surface area contributed by atoms with Crippen LogP contribution in [0.5, 0.6) is 0 Å². The summed E-state index contributed by atoms with van der Waals surface area (Å²) in [6, 6.07) is 0. The molecule has 0 amide bonds. The molecular weight excluding hydrogens is 226 g/mol. The normalized spacial score (nSPS) is 15.3. The average molecular weight is 249 g/mol. The fourth-order valence-electron chi connectivity index (χ4n) is 1.96. The first-order chi connectivity index (χ1) is 8.52. The first-order valence-electron chi connectivity index (χ1n) is 6.74. The lowest BCUT2D eigenvalue weighted by Gasteiger charge is -2.24. The molecule has 100 valence electrons. The number of rotatable bonds is 3. The van der Waals surface area contributed by atoms with Crippen molar-refractivity contribution in [1.82, 2.24) is 9.97 Å². The van der Waals surface area contributed by atoms with Gasteiger partial charge in [-0.2, -0.15) is 0 Å². The van der Waals surface area contributed by atoms with Crippen molar-refractivity contribution in [2.45, 2.75) is 52.6 Å². The second-order valence-corrected chi connectivity index (χ2v) is 5.80. The molecule has 0 aliphatic carbocycles. The maximum absolute atomic E-state index is 5.52. The van der Waals surface area contributed by atoms with E-state index in [9.17, 15) is 0 Å². The minimum Gasteiger partial charge on any atom is -0.376 e. The Bertz CT molecular complexity index is 424. The van der Waals surface area contributed by atoms with E-state index in [1.54, 1.807) is 0 Å². The topological polar surface area (TPSA) is 47.0 Å². The summed E-state index contributed by atoms with van der Waals surface area (Å²) in [4.78, 5) is 9.41.